The number of amides is 2. The van der Waals surface area contributed by atoms with Gasteiger partial charge in [0.15, 0.2) is 18.1 Å². The van der Waals surface area contributed by atoms with Gasteiger partial charge < -0.3 is 14.2 Å². The third-order valence-electron chi connectivity index (χ3n) is 4.25. The van der Waals surface area contributed by atoms with Gasteiger partial charge in [0.25, 0.3) is 11.8 Å². The maximum Gasteiger partial charge on any atom is 0.344 e. The number of halogens is 1. The summed E-state index contributed by atoms with van der Waals surface area (Å²) in [5.74, 6) is -0.800. The molecule has 1 fully saturated rings. The van der Waals surface area contributed by atoms with Gasteiger partial charge in [-0.15, -0.1) is 0 Å². The van der Waals surface area contributed by atoms with E-state index in [9.17, 15) is 14.4 Å². The zero-order valence-electron chi connectivity index (χ0n) is 17.9. The minimum Gasteiger partial charge on any atom is -0.490 e. The van der Waals surface area contributed by atoms with Crippen molar-refractivity contribution in [3.8, 4) is 11.5 Å². The number of rotatable bonds is 8. The molecule has 2 amide bonds. The van der Waals surface area contributed by atoms with Crippen LogP contribution in [0.1, 0.15) is 26.3 Å². The number of anilines is 1. The third kappa shape index (κ3) is 5.47. The monoisotopic (exact) mass is 502 g/mol. The van der Waals surface area contributed by atoms with E-state index in [0.717, 1.165) is 0 Å². The molecule has 0 aromatic heterocycles. The number of esters is 1. The van der Waals surface area contributed by atoms with E-state index in [-0.39, 0.29) is 18.3 Å². The van der Waals surface area contributed by atoms with Gasteiger partial charge in [-0.3, -0.25) is 15.0 Å². The summed E-state index contributed by atoms with van der Waals surface area (Å²) in [5.41, 5.74) is 3.65. The highest BCUT2D eigenvalue weighted by Crippen LogP contribution is 2.38. The molecule has 0 spiro atoms. The molecule has 1 N–H and O–H groups in total. The number of para-hydroxylation sites is 1. The molecule has 3 rings (SSSR count). The van der Waals surface area contributed by atoms with Gasteiger partial charge in [-0.1, -0.05) is 18.2 Å². The van der Waals surface area contributed by atoms with Gasteiger partial charge in [0, 0.05) is 0 Å². The zero-order chi connectivity index (χ0) is 23.3. The Morgan fingerprint density at radius 1 is 1.16 bits per heavy atom. The fourth-order valence-corrected chi connectivity index (χ4v) is 3.56. The first-order valence-corrected chi connectivity index (χ1v) is 10.8. The molecule has 1 aliphatic rings. The first kappa shape index (κ1) is 23.3. The van der Waals surface area contributed by atoms with Crippen LogP contribution in [0, 0.1) is 0 Å². The average Bonchev–Trinajstić information content (AvgIpc) is 3.02. The van der Waals surface area contributed by atoms with Gasteiger partial charge in [0.2, 0.25) is 0 Å². The summed E-state index contributed by atoms with van der Waals surface area (Å²) in [7, 11) is 0. The summed E-state index contributed by atoms with van der Waals surface area (Å²) < 4.78 is 16.8. The summed E-state index contributed by atoms with van der Waals surface area (Å²) in [4.78, 5) is 37.1. The molecule has 32 heavy (non-hydrogen) atoms. The lowest BCUT2D eigenvalue weighted by molar-refractivity contribution is -0.149. The highest BCUT2D eigenvalue weighted by atomic mass is 79.9. The van der Waals surface area contributed by atoms with E-state index in [1.165, 1.54) is 11.1 Å². The molecule has 9 heteroatoms. The van der Waals surface area contributed by atoms with Crippen molar-refractivity contribution in [2.45, 2.75) is 26.9 Å². The van der Waals surface area contributed by atoms with Gasteiger partial charge in [0.05, 0.1) is 22.9 Å². The maximum absolute atomic E-state index is 12.8. The first-order valence-electron chi connectivity index (χ1n) is 10.0. The predicted octanol–water partition coefficient (Wildman–Crippen LogP) is 3.64. The molecule has 0 bridgehead atoms. The van der Waals surface area contributed by atoms with E-state index < -0.39 is 17.8 Å². The molecule has 2 aromatic rings. The lowest BCUT2D eigenvalue weighted by Gasteiger charge is -2.15. The molecule has 2 aromatic carbocycles. The van der Waals surface area contributed by atoms with Crippen molar-refractivity contribution in [2.24, 2.45) is 0 Å². The highest BCUT2D eigenvalue weighted by Gasteiger charge is 2.34. The topological polar surface area (TPSA) is 94.2 Å². The second-order valence-electron chi connectivity index (χ2n) is 7.07. The molecule has 0 radical (unpaired) electrons. The largest absolute Gasteiger partial charge is 0.490 e. The molecule has 168 valence electrons. The Morgan fingerprint density at radius 3 is 2.53 bits per heavy atom. The summed E-state index contributed by atoms with van der Waals surface area (Å²) in [6, 6.07) is 12.1. The Morgan fingerprint density at radius 2 is 1.88 bits per heavy atom. The fraction of sp³-hybridized carbons (Fsp3) is 0.261. The molecular formula is C23H23BrN2O6. The van der Waals surface area contributed by atoms with Crippen LogP contribution in [-0.2, 0) is 19.1 Å². The number of ether oxygens (including phenoxy) is 3. The van der Waals surface area contributed by atoms with Gasteiger partial charge in [-0.25, -0.2) is 9.80 Å². The number of hydrazine groups is 1. The smallest absolute Gasteiger partial charge is 0.344 e. The lowest BCUT2D eigenvalue weighted by atomic mass is 10.1. The molecule has 1 heterocycles. The Balaban J connectivity index is 1.86. The first-order chi connectivity index (χ1) is 15.3. The van der Waals surface area contributed by atoms with Crippen LogP contribution in [0.15, 0.2) is 52.5 Å². The van der Waals surface area contributed by atoms with Crippen LogP contribution >= 0.6 is 15.9 Å². The number of nitrogens with one attached hydrogen (secondary N) is 1. The number of hydrogen-bond donors (Lipinski definition) is 1. The van der Waals surface area contributed by atoms with E-state index in [1.54, 1.807) is 50.2 Å². The second-order valence-corrected chi connectivity index (χ2v) is 7.92. The van der Waals surface area contributed by atoms with E-state index in [4.69, 9.17) is 14.2 Å². The zero-order valence-corrected chi connectivity index (χ0v) is 19.5. The minimum absolute atomic E-state index is 0.0163. The van der Waals surface area contributed by atoms with Crippen molar-refractivity contribution in [3.63, 3.8) is 0 Å². The van der Waals surface area contributed by atoms with E-state index in [0.29, 0.717) is 33.8 Å². The van der Waals surface area contributed by atoms with Crippen LogP contribution < -0.4 is 19.9 Å². The lowest BCUT2D eigenvalue weighted by Crippen LogP contribution is -2.35. The molecule has 0 aliphatic carbocycles. The Bertz CT molecular complexity index is 1050. The SMILES string of the molecule is CCOc1cc(/C=C2/C(=O)NN(c3ccccc3)C2=O)cc(Br)c1OCC(=O)OC(C)C. The predicted molar refractivity (Wildman–Crippen MR) is 122 cm³/mol. The van der Waals surface area contributed by atoms with Crippen molar-refractivity contribution in [1.82, 2.24) is 5.43 Å². The van der Waals surface area contributed by atoms with Crippen molar-refractivity contribution >= 4 is 45.5 Å². The summed E-state index contributed by atoms with van der Waals surface area (Å²) in [6.45, 7) is 5.37. The van der Waals surface area contributed by atoms with Crippen LogP contribution in [0.2, 0.25) is 0 Å². The summed E-state index contributed by atoms with van der Waals surface area (Å²) in [5, 5.41) is 1.20. The fourth-order valence-electron chi connectivity index (χ4n) is 2.99. The van der Waals surface area contributed by atoms with Crippen LogP contribution in [-0.4, -0.2) is 37.1 Å². The van der Waals surface area contributed by atoms with Crippen LogP contribution in [0.3, 0.4) is 0 Å². The highest BCUT2D eigenvalue weighted by molar-refractivity contribution is 9.10. The minimum atomic E-state index is -0.510. The molecular weight excluding hydrogens is 480 g/mol. The number of carbonyl (C=O) groups is 3. The quantitative estimate of drug-likeness (QED) is 0.336. The summed E-state index contributed by atoms with van der Waals surface area (Å²) >= 11 is 3.41. The molecule has 0 unspecified atom stereocenters. The Labute approximate surface area is 194 Å². The third-order valence-corrected chi connectivity index (χ3v) is 4.84. The molecule has 1 aliphatic heterocycles. The number of benzene rings is 2. The van der Waals surface area contributed by atoms with Crippen LogP contribution in [0.5, 0.6) is 11.5 Å². The van der Waals surface area contributed by atoms with Gasteiger partial charge >= 0.3 is 5.97 Å². The van der Waals surface area contributed by atoms with Gasteiger partial charge in [-0.05, 0) is 72.6 Å². The van der Waals surface area contributed by atoms with Gasteiger partial charge in [-0.2, -0.15) is 0 Å². The van der Waals surface area contributed by atoms with Crippen molar-refractivity contribution in [3.05, 3.63) is 58.1 Å². The number of hydrogen-bond acceptors (Lipinski definition) is 6. The maximum atomic E-state index is 12.8. The Hall–Kier alpha value is -3.33. The van der Waals surface area contributed by atoms with E-state index in [1.807, 2.05) is 13.0 Å². The van der Waals surface area contributed by atoms with E-state index >= 15 is 0 Å². The van der Waals surface area contributed by atoms with E-state index in [2.05, 4.69) is 21.4 Å². The van der Waals surface area contributed by atoms with Gasteiger partial charge in [0.1, 0.15) is 5.57 Å². The molecule has 0 saturated carbocycles. The molecule has 8 nitrogen and oxygen atoms in total. The average molecular weight is 503 g/mol. The summed E-state index contributed by atoms with van der Waals surface area (Å²) in [6.07, 6.45) is 1.23. The van der Waals surface area contributed by atoms with Crippen LogP contribution in [0.25, 0.3) is 6.08 Å². The van der Waals surface area contributed by atoms with Crippen molar-refractivity contribution in [1.29, 1.82) is 0 Å². The Kier molecular flexibility index (Phi) is 7.53. The number of carbonyl (C=O) groups excluding carboxylic acids is 3. The molecule has 1 saturated heterocycles. The second kappa shape index (κ2) is 10.3. The normalized spacial score (nSPS) is 14.7. The molecule has 0 atom stereocenters. The van der Waals surface area contributed by atoms with Crippen LogP contribution in [0.4, 0.5) is 5.69 Å². The van der Waals surface area contributed by atoms with Crippen molar-refractivity contribution in [2.75, 3.05) is 18.2 Å². The number of nitrogens with zero attached hydrogens (tertiary/aromatic N) is 1. The van der Waals surface area contributed by atoms with Crippen molar-refractivity contribution < 1.29 is 28.6 Å². The standard InChI is InChI=1S/C23H23BrN2O6/c1-4-30-19-12-15(11-18(24)21(19)31-13-20(27)32-14(2)3)10-17-22(28)25-26(23(17)29)16-8-6-5-7-9-16/h5-12,14H,4,13H2,1-3H3,(H,25,28)/b17-10-.